The maximum Gasteiger partial charge on any atom is 0.165 e. The van der Waals surface area contributed by atoms with E-state index in [1.165, 1.54) is 12.1 Å². The first-order valence-corrected chi connectivity index (χ1v) is 6.56. The summed E-state index contributed by atoms with van der Waals surface area (Å²) < 4.78 is 18.5. The zero-order chi connectivity index (χ0) is 13.7. The molecule has 1 aliphatic carbocycles. The quantitative estimate of drug-likeness (QED) is 0.693. The van der Waals surface area contributed by atoms with Crippen LogP contribution in [0.4, 0.5) is 4.39 Å². The molecule has 0 aromatic heterocycles. The first-order valence-electron chi connectivity index (χ1n) is 6.56. The van der Waals surface area contributed by atoms with E-state index in [0.717, 1.165) is 19.3 Å². The highest BCUT2D eigenvalue weighted by molar-refractivity contribution is 5.23. The van der Waals surface area contributed by atoms with Gasteiger partial charge >= 0.3 is 0 Å². The third kappa shape index (κ3) is 3.65. The van der Waals surface area contributed by atoms with Crippen LogP contribution in [0.3, 0.4) is 0 Å². The molecule has 0 spiro atoms. The van der Waals surface area contributed by atoms with Crippen molar-refractivity contribution in [1.82, 2.24) is 5.32 Å². The smallest absolute Gasteiger partial charge is 0.165 e. The van der Waals surface area contributed by atoms with Crippen LogP contribution in [0.1, 0.15) is 19.3 Å². The summed E-state index contributed by atoms with van der Waals surface area (Å²) in [6.45, 7) is 0.429. The topological polar surface area (TPSA) is 61.7 Å². The molecule has 1 atom stereocenters. The van der Waals surface area contributed by atoms with Crippen LogP contribution in [0.25, 0.3) is 0 Å². The minimum absolute atomic E-state index is 0.0233. The zero-order valence-corrected chi connectivity index (χ0v) is 10.8. The maximum absolute atomic E-state index is 13.3. The molecule has 0 heterocycles. The molecule has 0 bridgehead atoms. The lowest BCUT2D eigenvalue weighted by molar-refractivity contribution is 0.0533. The zero-order valence-electron chi connectivity index (χ0n) is 10.8. The Hall–Kier alpha value is -1.17. The first kappa shape index (κ1) is 14.2. The van der Waals surface area contributed by atoms with Gasteiger partial charge in [0.1, 0.15) is 12.7 Å². The molecule has 5 heteroatoms. The fraction of sp³-hybridized carbons (Fsp3) is 0.571. The number of hydrogen-bond acceptors (Lipinski definition) is 4. The second-order valence-electron chi connectivity index (χ2n) is 5.07. The van der Waals surface area contributed by atoms with Crippen molar-refractivity contribution in [2.45, 2.75) is 30.9 Å². The van der Waals surface area contributed by atoms with Gasteiger partial charge in [0.05, 0.1) is 6.61 Å². The Balaban J connectivity index is 1.73. The molecule has 1 unspecified atom stereocenters. The minimum Gasteiger partial charge on any atom is -0.488 e. The molecule has 106 valence electrons. The van der Waals surface area contributed by atoms with Gasteiger partial charge in [0.15, 0.2) is 11.6 Å². The Kier molecular flexibility index (Phi) is 4.74. The van der Waals surface area contributed by atoms with E-state index < -0.39 is 11.9 Å². The number of halogens is 1. The van der Waals surface area contributed by atoms with E-state index in [2.05, 4.69) is 5.32 Å². The number of benzene rings is 1. The van der Waals surface area contributed by atoms with E-state index in [9.17, 15) is 14.6 Å². The van der Waals surface area contributed by atoms with Gasteiger partial charge in [-0.15, -0.1) is 0 Å². The molecule has 3 N–H and O–H groups in total. The van der Waals surface area contributed by atoms with E-state index in [-0.39, 0.29) is 24.5 Å². The number of ether oxygens (including phenoxy) is 1. The van der Waals surface area contributed by atoms with Crippen molar-refractivity contribution in [3.63, 3.8) is 0 Å². The summed E-state index contributed by atoms with van der Waals surface area (Å²) in [6, 6.07) is 6.10. The molecule has 4 nitrogen and oxygen atoms in total. The molecule has 0 radical (unpaired) electrons. The highest BCUT2D eigenvalue weighted by Crippen LogP contribution is 2.30. The Morgan fingerprint density at radius 1 is 1.37 bits per heavy atom. The van der Waals surface area contributed by atoms with E-state index in [0.29, 0.717) is 6.54 Å². The van der Waals surface area contributed by atoms with Crippen LogP contribution in [0.5, 0.6) is 5.75 Å². The summed E-state index contributed by atoms with van der Waals surface area (Å²) >= 11 is 0. The van der Waals surface area contributed by atoms with Crippen LogP contribution in [0.15, 0.2) is 24.3 Å². The second-order valence-corrected chi connectivity index (χ2v) is 5.07. The summed E-state index contributed by atoms with van der Waals surface area (Å²) in [5.74, 6) is -0.296. The number of β-amino-alcohol motifs (C(OH)–C–C–N with tert-alkyl or cyclic N) is 1. The normalized spacial score (nSPS) is 18.7. The highest BCUT2D eigenvalue weighted by Gasteiger charge is 2.35. The summed E-state index contributed by atoms with van der Waals surface area (Å²) in [5.41, 5.74) is -0.237. The van der Waals surface area contributed by atoms with Gasteiger partial charge < -0.3 is 20.3 Å². The molecule has 2 rings (SSSR count). The van der Waals surface area contributed by atoms with Gasteiger partial charge in [-0.1, -0.05) is 12.1 Å². The Labute approximate surface area is 112 Å². The lowest BCUT2D eigenvalue weighted by Gasteiger charge is -2.41. The molecule has 1 aromatic rings. The number of nitrogens with one attached hydrogen (secondary N) is 1. The molecular weight excluding hydrogens is 249 g/mol. The molecule has 1 aromatic carbocycles. The summed E-state index contributed by atoms with van der Waals surface area (Å²) in [4.78, 5) is 0. The van der Waals surface area contributed by atoms with E-state index in [1.54, 1.807) is 12.1 Å². The summed E-state index contributed by atoms with van der Waals surface area (Å²) in [6.07, 6.45) is 2.20. The van der Waals surface area contributed by atoms with Gasteiger partial charge in [0.25, 0.3) is 0 Å². The van der Waals surface area contributed by atoms with Crippen LogP contribution in [0, 0.1) is 5.82 Å². The largest absolute Gasteiger partial charge is 0.488 e. The molecular formula is C14H20FNO3. The number of aliphatic hydroxyl groups excluding tert-OH is 2. The SMILES string of the molecule is OCC1(NCC(O)COc2ccccc2F)CCC1. The Morgan fingerprint density at radius 2 is 2.11 bits per heavy atom. The van der Waals surface area contributed by atoms with Crippen molar-refractivity contribution in [3.05, 3.63) is 30.1 Å². The fourth-order valence-electron chi connectivity index (χ4n) is 2.14. The molecule has 1 saturated carbocycles. The molecule has 0 aliphatic heterocycles. The van der Waals surface area contributed by atoms with Crippen LogP contribution in [0.2, 0.25) is 0 Å². The molecule has 1 fully saturated rings. The molecule has 0 amide bonds. The van der Waals surface area contributed by atoms with Gasteiger partial charge in [0.2, 0.25) is 0 Å². The molecule has 19 heavy (non-hydrogen) atoms. The van der Waals surface area contributed by atoms with Gasteiger partial charge in [-0.2, -0.15) is 0 Å². The monoisotopic (exact) mass is 269 g/mol. The van der Waals surface area contributed by atoms with Crippen LogP contribution in [-0.4, -0.2) is 41.6 Å². The lowest BCUT2D eigenvalue weighted by atomic mass is 9.77. The predicted octanol–water partition coefficient (Wildman–Crippen LogP) is 1.07. The third-order valence-corrected chi connectivity index (χ3v) is 3.59. The van der Waals surface area contributed by atoms with Crippen molar-refractivity contribution in [3.8, 4) is 5.75 Å². The van der Waals surface area contributed by atoms with Gasteiger partial charge in [0, 0.05) is 12.1 Å². The summed E-state index contributed by atoms with van der Waals surface area (Å²) in [7, 11) is 0. The van der Waals surface area contributed by atoms with E-state index in [1.807, 2.05) is 0 Å². The van der Waals surface area contributed by atoms with Crippen LogP contribution < -0.4 is 10.1 Å². The standard InChI is InChI=1S/C14H20FNO3/c15-12-4-1-2-5-13(12)19-9-11(18)8-16-14(10-17)6-3-7-14/h1-2,4-5,11,16-18H,3,6-10H2. The van der Waals surface area contributed by atoms with Gasteiger partial charge in [-0.05, 0) is 31.4 Å². The van der Waals surface area contributed by atoms with Crippen molar-refractivity contribution >= 4 is 0 Å². The van der Waals surface area contributed by atoms with E-state index in [4.69, 9.17) is 4.74 Å². The van der Waals surface area contributed by atoms with Crippen LogP contribution in [-0.2, 0) is 0 Å². The van der Waals surface area contributed by atoms with E-state index >= 15 is 0 Å². The third-order valence-electron chi connectivity index (χ3n) is 3.59. The average molecular weight is 269 g/mol. The first-order chi connectivity index (χ1) is 9.15. The summed E-state index contributed by atoms with van der Waals surface area (Å²) in [5, 5.41) is 22.2. The Morgan fingerprint density at radius 3 is 2.68 bits per heavy atom. The highest BCUT2D eigenvalue weighted by atomic mass is 19.1. The Bertz CT molecular complexity index is 404. The van der Waals surface area contributed by atoms with Gasteiger partial charge in [-0.3, -0.25) is 0 Å². The number of para-hydroxylation sites is 1. The van der Waals surface area contributed by atoms with Crippen molar-refractivity contribution < 1.29 is 19.3 Å². The lowest BCUT2D eigenvalue weighted by Crippen LogP contribution is -2.56. The van der Waals surface area contributed by atoms with Crippen molar-refractivity contribution in [2.75, 3.05) is 19.8 Å². The second kappa shape index (κ2) is 6.32. The van der Waals surface area contributed by atoms with Gasteiger partial charge in [-0.25, -0.2) is 4.39 Å². The molecule has 1 aliphatic rings. The van der Waals surface area contributed by atoms with Crippen molar-refractivity contribution in [2.24, 2.45) is 0 Å². The van der Waals surface area contributed by atoms with Crippen molar-refractivity contribution in [1.29, 1.82) is 0 Å². The number of hydrogen-bond donors (Lipinski definition) is 3. The predicted molar refractivity (Wildman–Crippen MR) is 69.6 cm³/mol. The number of rotatable bonds is 7. The maximum atomic E-state index is 13.3. The fourth-order valence-corrected chi connectivity index (χ4v) is 2.14. The average Bonchev–Trinajstić information content (AvgIpc) is 2.37. The van der Waals surface area contributed by atoms with Crippen LogP contribution >= 0.6 is 0 Å². The minimum atomic E-state index is -0.733. The number of aliphatic hydroxyl groups is 2. The molecule has 0 saturated heterocycles.